The van der Waals surface area contributed by atoms with Crippen LogP contribution < -0.4 is 10.1 Å². The van der Waals surface area contributed by atoms with E-state index < -0.39 is 4.92 Å². The summed E-state index contributed by atoms with van der Waals surface area (Å²) in [6.45, 7) is 1.90. The van der Waals surface area contributed by atoms with Crippen LogP contribution in [0.4, 0.5) is 17.2 Å². The van der Waals surface area contributed by atoms with Crippen molar-refractivity contribution in [3.63, 3.8) is 0 Å². The van der Waals surface area contributed by atoms with E-state index >= 15 is 0 Å². The lowest BCUT2D eigenvalue weighted by Gasteiger charge is -2.22. The molecule has 1 N–H and O–H groups in total. The molecule has 0 atom stereocenters. The number of rotatable bonds is 5. The number of pyridine rings is 1. The molecule has 8 nitrogen and oxygen atoms in total. The Morgan fingerprint density at radius 3 is 2.75 bits per heavy atom. The monoisotopic (exact) mass is 379 g/mol. The molecule has 0 unspecified atom stereocenters. The molecule has 1 aliphatic rings. The van der Waals surface area contributed by atoms with E-state index in [0.29, 0.717) is 5.69 Å². The summed E-state index contributed by atoms with van der Waals surface area (Å²) >= 11 is 0. The van der Waals surface area contributed by atoms with Crippen LogP contribution in [0.15, 0.2) is 36.7 Å². The molecule has 1 fully saturated rings. The second-order valence-corrected chi connectivity index (χ2v) is 6.97. The van der Waals surface area contributed by atoms with Crippen molar-refractivity contribution in [2.45, 2.75) is 45.1 Å². The van der Waals surface area contributed by atoms with Crippen LogP contribution in [0.5, 0.6) is 5.88 Å². The molecule has 0 aliphatic heterocycles. The maximum atomic E-state index is 11.8. The zero-order valence-electron chi connectivity index (χ0n) is 15.6. The third-order valence-electron chi connectivity index (χ3n) is 4.91. The van der Waals surface area contributed by atoms with Gasteiger partial charge in [-0.1, -0.05) is 24.6 Å². The van der Waals surface area contributed by atoms with Gasteiger partial charge in [0.05, 0.1) is 16.1 Å². The first-order valence-corrected chi connectivity index (χ1v) is 9.41. The fourth-order valence-corrected chi connectivity index (χ4v) is 3.52. The van der Waals surface area contributed by atoms with Gasteiger partial charge in [-0.3, -0.25) is 15.1 Å². The van der Waals surface area contributed by atoms with Gasteiger partial charge in [0.15, 0.2) is 0 Å². The summed E-state index contributed by atoms with van der Waals surface area (Å²) in [7, 11) is 0. The van der Waals surface area contributed by atoms with Gasteiger partial charge in [0.25, 0.3) is 5.88 Å². The molecule has 2 heterocycles. The standard InChI is InChI=1S/C20H21N5O3/c1-13-10-11-14-6-5-9-16(17(14)23-13)24-19-18(25(26)27)20(22-12-21-19)28-15-7-3-2-4-8-15/h5-6,9-12,15H,2-4,7-8H2,1H3,(H,21,22,24). The van der Waals surface area contributed by atoms with E-state index in [1.165, 1.54) is 12.7 Å². The molecule has 4 rings (SSSR count). The Bertz CT molecular complexity index is 1020. The van der Waals surface area contributed by atoms with Crippen molar-refractivity contribution in [1.29, 1.82) is 0 Å². The molecule has 0 radical (unpaired) electrons. The quantitative estimate of drug-likeness (QED) is 0.506. The lowest BCUT2D eigenvalue weighted by Crippen LogP contribution is -2.21. The first kappa shape index (κ1) is 18.1. The number of anilines is 2. The Morgan fingerprint density at radius 2 is 1.96 bits per heavy atom. The number of aryl methyl sites for hydroxylation is 1. The highest BCUT2D eigenvalue weighted by atomic mass is 16.6. The highest BCUT2D eigenvalue weighted by Gasteiger charge is 2.28. The highest BCUT2D eigenvalue weighted by molar-refractivity contribution is 5.92. The number of nitro groups is 1. The SMILES string of the molecule is Cc1ccc2cccc(Nc3ncnc(OC4CCCCC4)c3[N+](=O)[O-])c2n1. The average molecular weight is 379 g/mol. The van der Waals surface area contributed by atoms with Gasteiger partial charge in [0, 0.05) is 11.1 Å². The van der Waals surface area contributed by atoms with Crippen molar-refractivity contribution in [2.24, 2.45) is 0 Å². The molecule has 0 amide bonds. The van der Waals surface area contributed by atoms with Crippen molar-refractivity contribution in [2.75, 3.05) is 5.32 Å². The number of hydrogen-bond donors (Lipinski definition) is 1. The molecule has 8 heteroatoms. The molecule has 1 saturated carbocycles. The number of para-hydroxylation sites is 1. The third kappa shape index (κ3) is 3.71. The van der Waals surface area contributed by atoms with E-state index in [4.69, 9.17) is 4.74 Å². The zero-order valence-corrected chi connectivity index (χ0v) is 15.6. The maximum Gasteiger partial charge on any atom is 0.373 e. The number of aromatic nitrogens is 3. The molecule has 28 heavy (non-hydrogen) atoms. The summed E-state index contributed by atoms with van der Waals surface area (Å²) in [5.41, 5.74) is 1.98. The fraction of sp³-hybridized carbons (Fsp3) is 0.350. The van der Waals surface area contributed by atoms with Gasteiger partial charge in [-0.25, -0.2) is 4.98 Å². The molecule has 0 spiro atoms. The second-order valence-electron chi connectivity index (χ2n) is 6.97. The predicted molar refractivity (Wildman–Crippen MR) is 106 cm³/mol. The second kappa shape index (κ2) is 7.75. The van der Waals surface area contributed by atoms with Crippen molar-refractivity contribution in [3.8, 4) is 5.88 Å². The minimum Gasteiger partial charge on any atom is -0.469 e. The van der Waals surface area contributed by atoms with Gasteiger partial charge in [0.1, 0.15) is 12.4 Å². The van der Waals surface area contributed by atoms with Crippen molar-refractivity contribution in [1.82, 2.24) is 15.0 Å². The van der Waals surface area contributed by atoms with E-state index in [0.717, 1.165) is 42.3 Å². The number of fused-ring (bicyclic) bond motifs is 1. The first-order valence-electron chi connectivity index (χ1n) is 9.41. The fourth-order valence-electron chi connectivity index (χ4n) is 3.52. The van der Waals surface area contributed by atoms with E-state index in [1.807, 2.05) is 37.3 Å². The largest absolute Gasteiger partial charge is 0.469 e. The lowest BCUT2D eigenvalue weighted by atomic mass is 9.98. The Balaban J connectivity index is 1.71. The number of nitrogens with one attached hydrogen (secondary N) is 1. The van der Waals surface area contributed by atoms with Crippen LogP contribution in [-0.2, 0) is 0 Å². The summed E-state index contributed by atoms with van der Waals surface area (Å²) in [5.74, 6) is 0.111. The van der Waals surface area contributed by atoms with Crippen molar-refractivity contribution in [3.05, 3.63) is 52.5 Å². The average Bonchev–Trinajstić information content (AvgIpc) is 2.69. The number of hydrogen-bond acceptors (Lipinski definition) is 7. The van der Waals surface area contributed by atoms with Crippen LogP contribution in [0, 0.1) is 17.0 Å². The molecule has 144 valence electrons. The molecule has 1 aromatic carbocycles. The van der Waals surface area contributed by atoms with Crippen molar-refractivity contribution < 1.29 is 9.66 Å². The molecular weight excluding hydrogens is 358 g/mol. The summed E-state index contributed by atoms with van der Waals surface area (Å²) in [6, 6.07) is 9.53. The van der Waals surface area contributed by atoms with E-state index in [1.54, 1.807) is 0 Å². The number of nitrogens with zero attached hydrogens (tertiary/aromatic N) is 4. The topological polar surface area (TPSA) is 103 Å². The van der Waals surface area contributed by atoms with E-state index in [-0.39, 0.29) is 23.5 Å². The summed E-state index contributed by atoms with van der Waals surface area (Å²) in [6.07, 6.45) is 6.32. The summed E-state index contributed by atoms with van der Waals surface area (Å²) in [5, 5.41) is 15.8. The van der Waals surface area contributed by atoms with Gasteiger partial charge in [-0.2, -0.15) is 4.98 Å². The maximum absolute atomic E-state index is 11.8. The lowest BCUT2D eigenvalue weighted by molar-refractivity contribution is -0.385. The minimum absolute atomic E-state index is 0.0128. The van der Waals surface area contributed by atoms with Gasteiger partial charge in [-0.15, -0.1) is 0 Å². The zero-order chi connectivity index (χ0) is 19.5. The predicted octanol–water partition coefficient (Wildman–Crippen LogP) is 4.70. The third-order valence-corrected chi connectivity index (χ3v) is 4.91. The Labute approximate surface area is 162 Å². The number of benzene rings is 1. The molecule has 3 aromatic rings. The van der Waals surface area contributed by atoms with Crippen LogP contribution in [0.25, 0.3) is 10.9 Å². The van der Waals surface area contributed by atoms with Crippen LogP contribution >= 0.6 is 0 Å². The van der Waals surface area contributed by atoms with Gasteiger partial charge >= 0.3 is 5.69 Å². The number of ether oxygens (including phenoxy) is 1. The molecule has 2 aromatic heterocycles. The van der Waals surface area contributed by atoms with Crippen LogP contribution in [0.2, 0.25) is 0 Å². The Hall–Kier alpha value is -3.29. The van der Waals surface area contributed by atoms with Crippen LogP contribution in [-0.4, -0.2) is 26.0 Å². The molecule has 1 aliphatic carbocycles. The summed E-state index contributed by atoms with van der Waals surface area (Å²) in [4.78, 5) is 24.0. The van der Waals surface area contributed by atoms with Gasteiger partial charge < -0.3 is 10.1 Å². The summed E-state index contributed by atoms with van der Waals surface area (Å²) < 4.78 is 5.88. The Morgan fingerprint density at radius 1 is 1.14 bits per heavy atom. The van der Waals surface area contributed by atoms with E-state index in [2.05, 4.69) is 20.3 Å². The molecular formula is C20H21N5O3. The van der Waals surface area contributed by atoms with Gasteiger partial charge in [-0.05, 0) is 44.7 Å². The first-order chi connectivity index (χ1) is 13.6. The molecule has 0 saturated heterocycles. The molecule has 0 bridgehead atoms. The smallest absolute Gasteiger partial charge is 0.373 e. The minimum atomic E-state index is -0.496. The van der Waals surface area contributed by atoms with E-state index in [9.17, 15) is 10.1 Å². The van der Waals surface area contributed by atoms with Gasteiger partial charge in [0.2, 0.25) is 5.82 Å². The normalized spacial score (nSPS) is 14.8. The van der Waals surface area contributed by atoms with Crippen LogP contribution in [0.1, 0.15) is 37.8 Å². The van der Waals surface area contributed by atoms with Crippen molar-refractivity contribution >= 4 is 28.1 Å². The highest BCUT2D eigenvalue weighted by Crippen LogP contribution is 2.36. The Kier molecular flexibility index (Phi) is 5.01. The van der Waals surface area contributed by atoms with Crippen LogP contribution in [0.3, 0.4) is 0 Å².